The highest BCUT2D eigenvalue weighted by Crippen LogP contribution is 2.32. The molecule has 4 nitrogen and oxygen atoms in total. The number of carbonyl (C=O) groups excluding carboxylic acids is 1. The van der Waals surface area contributed by atoms with E-state index in [-0.39, 0.29) is 5.76 Å². The number of hydrogen-bond donors (Lipinski definition) is 2. The van der Waals surface area contributed by atoms with Gasteiger partial charge in [0.2, 0.25) is 0 Å². The summed E-state index contributed by atoms with van der Waals surface area (Å²) in [6.45, 7) is 0. The number of carboxylic acids is 1. The third kappa shape index (κ3) is 2.89. The van der Waals surface area contributed by atoms with Crippen molar-refractivity contribution in [1.82, 2.24) is 0 Å². The van der Waals surface area contributed by atoms with E-state index in [0.29, 0.717) is 5.56 Å². The molecular weight excluding hydrogens is 264 g/mol. The number of carboxylic acid groups (broad SMARTS) is 1. The van der Waals surface area contributed by atoms with Crippen LogP contribution in [0.4, 0.5) is 0 Å². The number of aliphatic carboxylic acids is 1. The second-order valence-corrected chi connectivity index (χ2v) is 4.64. The first-order valence-corrected chi connectivity index (χ1v) is 6.28. The number of carbonyl (C=O) groups is 2. The molecule has 0 unspecified atom stereocenters. The minimum absolute atomic E-state index is 0.340. The predicted molar refractivity (Wildman–Crippen MR) is 73.0 cm³/mol. The van der Waals surface area contributed by atoms with Crippen molar-refractivity contribution in [2.24, 2.45) is 0 Å². The number of rotatable bonds is 4. The van der Waals surface area contributed by atoms with E-state index in [1.165, 1.54) is 11.3 Å². The highest BCUT2D eigenvalue weighted by atomic mass is 32.1. The van der Waals surface area contributed by atoms with Gasteiger partial charge in [0.25, 0.3) is 5.78 Å². The van der Waals surface area contributed by atoms with Crippen molar-refractivity contribution in [3.63, 3.8) is 0 Å². The Balaban J connectivity index is 2.40. The topological polar surface area (TPSA) is 74.6 Å². The third-order valence-corrected chi connectivity index (χ3v) is 3.42. The van der Waals surface area contributed by atoms with Crippen LogP contribution in [0.1, 0.15) is 5.56 Å². The summed E-state index contributed by atoms with van der Waals surface area (Å²) in [6.07, 6.45) is 0.719. The first-order valence-electron chi connectivity index (χ1n) is 5.41. The largest absolute Gasteiger partial charge is 0.507 e. The van der Waals surface area contributed by atoms with Crippen molar-refractivity contribution < 1.29 is 19.8 Å². The van der Waals surface area contributed by atoms with Crippen LogP contribution in [-0.4, -0.2) is 22.0 Å². The van der Waals surface area contributed by atoms with E-state index in [4.69, 9.17) is 5.11 Å². The zero-order valence-electron chi connectivity index (χ0n) is 9.74. The standard InChI is InChI=1S/C14H10O4S/c15-11(8-12(16)14(17)18)10-6-7-19-13(10)9-4-2-1-3-5-9/h1-8,15H,(H,17,18). The van der Waals surface area contributed by atoms with Gasteiger partial charge in [0, 0.05) is 16.5 Å². The van der Waals surface area contributed by atoms with Crippen molar-refractivity contribution in [3.05, 3.63) is 53.4 Å². The van der Waals surface area contributed by atoms with Gasteiger partial charge in [0.15, 0.2) is 0 Å². The summed E-state index contributed by atoms with van der Waals surface area (Å²) in [7, 11) is 0. The summed E-state index contributed by atoms with van der Waals surface area (Å²) in [5.41, 5.74) is 1.35. The lowest BCUT2D eigenvalue weighted by molar-refractivity contribution is -0.146. The number of hydrogen-bond acceptors (Lipinski definition) is 4. The molecule has 0 fully saturated rings. The third-order valence-electron chi connectivity index (χ3n) is 2.46. The van der Waals surface area contributed by atoms with Crippen LogP contribution in [0.15, 0.2) is 47.9 Å². The van der Waals surface area contributed by atoms with Crippen molar-refractivity contribution in [3.8, 4) is 10.4 Å². The number of aliphatic hydroxyl groups excluding tert-OH is 1. The number of thiophene rings is 1. The molecule has 0 aliphatic rings. The summed E-state index contributed by atoms with van der Waals surface area (Å²) < 4.78 is 0. The molecule has 0 aliphatic carbocycles. The van der Waals surface area contributed by atoms with Crippen molar-refractivity contribution in [2.45, 2.75) is 0 Å². The second kappa shape index (κ2) is 5.49. The highest BCUT2D eigenvalue weighted by molar-refractivity contribution is 7.13. The maximum absolute atomic E-state index is 11.1. The van der Waals surface area contributed by atoms with Crippen molar-refractivity contribution >= 4 is 28.8 Å². The van der Waals surface area contributed by atoms with Gasteiger partial charge < -0.3 is 10.2 Å². The Labute approximate surface area is 113 Å². The Bertz CT molecular complexity index is 640. The lowest BCUT2D eigenvalue weighted by atomic mass is 10.1. The van der Waals surface area contributed by atoms with E-state index in [1.807, 2.05) is 30.3 Å². The monoisotopic (exact) mass is 274 g/mol. The van der Waals surface area contributed by atoms with Gasteiger partial charge in [-0.3, -0.25) is 4.79 Å². The fourth-order valence-electron chi connectivity index (χ4n) is 1.59. The Kier molecular flexibility index (Phi) is 3.77. The first kappa shape index (κ1) is 13.0. The fraction of sp³-hybridized carbons (Fsp3) is 0. The molecule has 0 bridgehead atoms. The highest BCUT2D eigenvalue weighted by Gasteiger charge is 2.14. The van der Waals surface area contributed by atoms with Crippen LogP contribution < -0.4 is 0 Å². The molecule has 2 N–H and O–H groups in total. The first-order chi connectivity index (χ1) is 9.09. The average Bonchev–Trinajstić information content (AvgIpc) is 2.88. The van der Waals surface area contributed by atoms with E-state index in [2.05, 4.69) is 0 Å². The fourth-order valence-corrected chi connectivity index (χ4v) is 2.50. The van der Waals surface area contributed by atoms with E-state index >= 15 is 0 Å². The quantitative estimate of drug-likeness (QED) is 0.510. The van der Waals surface area contributed by atoms with Crippen LogP contribution in [0.25, 0.3) is 16.2 Å². The Hall–Kier alpha value is -2.40. The molecule has 0 spiro atoms. The number of ketones is 1. The van der Waals surface area contributed by atoms with Crippen LogP contribution in [-0.2, 0) is 9.59 Å². The zero-order valence-corrected chi connectivity index (χ0v) is 10.6. The molecule has 0 radical (unpaired) electrons. The Morgan fingerprint density at radius 2 is 1.74 bits per heavy atom. The molecule has 0 atom stereocenters. The zero-order chi connectivity index (χ0) is 13.8. The number of aliphatic hydroxyl groups is 1. The molecule has 0 aliphatic heterocycles. The normalized spacial score (nSPS) is 11.3. The minimum Gasteiger partial charge on any atom is -0.507 e. The predicted octanol–water partition coefficient (Wildman–Crippen LogP) is 2.97. The Morgan fingerprint density at radius 1 is 1.05 bits per heavy atom. The van der Waals surface area contributed by atoms with Gasteiger partial charge >= 0.3 is 5.97 Å². The van der Waals surface area contributed by atoms with Crippen LogP contribution in [0.3, 0.4) is 0 Å². The van der Waals surface area contributed by atoms with Crippen molar-refractivity contribution in [1.29, 1.82) is 0 Å². The van der Waals surface area contributed by atoms with Crippen LogP contribution in [0.5, 0.6) is 0 Å². The molecule has 5 heteroatoms. The van der Waals surface area contributed by atoms with E-state index in [0.717, 1.165) is 16.5 Å². The maximum Gasteiger partial charge on any atom is 0.376 e. The van der Waals surface area contributed by atoms with Gasteiger partial charge in [-0.25, -0.2) is 4.79 Å². The summed E-state index contributed by atoms with van der Waals surface area (Å²) in [5, 5.41) is 20.1. The van der Waals surface area contributed by atoms with Gasteiger partial charge in [0.05, 0.1) is 0 Å². The van der Waals surface area contributed by atoms with Gasteiger partial charge in [-0.1, -0.05) is 30.3 Å². The summed E-state index contributed by atoms with van der Waals surface area (Å²) in [6, 6.07) is 11.0. The van der Waals surface area contributed by atoms with Crippen LogP contribution in [0.2, 0.25) is 0 Å². The van der Waals surface area contributed by atoms with Gasteiger partial charge in [-0.05, 0) is 17.0 Å². The molecule has 1 aromatic heterocycles. The molecule has 1 heterocycles. The van der Waals surface area contributed by atoms with E-state index < -0.39 is 11.8 Å². The second-order valence-electron chi connectivity index (χ2n) is 3.73. The lowest BCUT2D eigenvalue weighted by Gasteiger charge is -2.02. The SMILES string of the molecule is O=C(O)C(=O)C=C(O)c1ccsc1-c1ccccc1. The molecule has 0 amide bonds. The smallest absolute Gasteiger partial charge is 0.376 e. The Morgan fingerprint density at radius 3 is 2.37 bits per heavy atom. The summed E-state index contributed by atoms with van der Waals surface area (Å²) in [4.78, 5) is 22.3. The molecule has 2 rings (SSSR count). The van der Waals surface area contributed by atoms with E-state index in [1.54, 1.807) is 11.4 Å². The molecule has 0 saturated carbocycles. The van der Waals surface area contributed by atoms with Gasteiger partial charge in [-0.15, -0.1) is 11.3 Å². The molecule has 96 valence electrons. The van der Waals surface area contributed by atoms with Crippen LogP contribution >= 0.6 is 11.3 Å². The molecule has 1 aromatic carbocycles. The molecule has 0 saturated heterocycles. The number of benzene rings is 1. The maximum atomic E-state index is 11.1. The summed E-state index contributed by atoms with van der Waals surface area (Å²) in [5.74, 6) is -3.08. The van der Waals surface area contributed by atoms with Crippen LogP contribution in [0, 0.1) is 0 Å². The lowest BCUT2D eigenvalue weighted by Crippen LogP contribution is -2.09. The summed E-state index contributed by atoms with van der Waals surface area (Å²) >= 11 is 1.41. The average molecular weight is 274 g/mol. The minimum atomic E-state index is -1.59. The van der Waals surface area contributed by atoms with Crippen molar-refractivity contribution in [2.75, 3.05) is 0 Å². The van der Waals surface area contributed by atoms with Gasteiger partial charge in [-0.2, -0.15) is 0 Å². The molecule has 19 heavy (non-hydrogen) atoms. The van der Waals surface area contributed by atoms with E-state index in [9.17, 15) is 14.7 Å². The molecular formula is C14H10O4S. The van der Waals surface area contributed by atoms with Gasteiger partial charge in [0.1, 0.15) is 5.76 Å². The molecule has 2 aromatic rings.